The molecule has 4 aromatic rings. The van der Waals surface area contributed by atoms with Crippen LogP contribution in [-0.4, -0.2) is 17.6 Å². The number of aliphatic hydroxyl groups is 1. The summed E-state index contributed by atoms with van der Waals surface area (Å²) in [5, 5.41) is 15.5. The molecular weight excluding hydrogens is 398 g/mol. The van der Waals surface area contributed by atoms with E-state index in [9.17, 15) is 9.90 Å². The van der Waals surface area contributed by atoms with Crippen molar-refractivity contribution in [1.29, 1.82) is 0 Å². The topological polar surface area (TPSA) is 71.7 Å². The summed E-state index contributed by atoms with van der Waals surface area (Å²) in [5.41, 5.74) is 2.55. The Labute approximate surface area is 177 Å². The van der Waals surface area contributed by atoms with Crippen LogP contribution in [0.3, 0.4) is 0 Å². The van der Waals surface area contributed by atoms with Crippen LogP contribution in [0.2, 0.25) is 0 Å². The van der Waals surface area contributed by atoms with Gasteiger partial charge in [-0.05, 0) is 30.3 Å². The van der Waals surface area contributed by atoms with Gasteiger partial charge in [0.2, 0.25) is 5.91 Å². The Kier molecular flexibility index (Phi) is 4.86. The van der Waals surface area contributed by atoms with E-state index in [0.717, 1.165) is 27.3 Å². The molecule has 5 nitrogen and oxygen atoms in total. The summed E-state index contributed by atoms with van der Waals surface area (Å²) in [6.07, 6.45) is 0.820. The van der Waals surface area contributed by atoms with Crippen LogP contribution in [-0.2, 0) is 4.79 Å². The van der Waals surface area contributed by atoms with E-state index < -0.39 is 12.0 Å². The van der Waals surface area contributed by atoms with Gasteiger partial charge in [-0.2, -0.15) is 0 Å². The first-order valence-corrected chi connectivity index (χ1v) is 10.5. The van der Waals surface area contributed by atoms with Crippen molar-refractivity contribution in [3.8, 4) is 22.8 Å². The summed E-state index contributed by atoms with van der Waals surface area (Å²) in [6.45, 7) is 0.124. The molecule has 1 unspecified atom stereocenters. The number of carbonyl (C=O) groups excluding carboxylic acids is 1. The fraction of sp³-hybridized carbons (Fsp3) is 0.125. The number of carbonyl (C=O) groups is 1. The van der Waals surface area contributed by atoms with Gasteiger partial charge in [0, 0.05) is 33.5 Å². The largest absolute Gasteiger partial charge is 0.464 e. The lowest BCUT2D eigenvalue weighted by molar-refractivity contribution is -0.122. The van der Waals surface area contributed by atoms with Crippen molar-refractivity contribution in [3.05, 3.63) is 94.4 Å². The Morgan fingerprint density at radius 2 is 1.73 bits per heavy atom. The summed E-state index contributed by atoms with van der Waals surface area (Å²) in [7, 11) is 0. The fourth-order valence-corrected chi connectivity index (χ4v) is 4.57. The van der Waals surface area contributed by atoms with Gasteiger partial charge in [0.25, 0.3) is 0 Å². The third-order valence-electron chi connectivity index (χ3n) is 5.17. The number of aliphatic hydroxyl groups excluding tert-OH is 1. The summed E-state index contributed by atoms with van der Waals surface area (Å²) >= 11 is 1.44. The van der Waals surface area contributed by atoms with E-state index >= 15 is 0 Å². The normalized spacial score (nSPS) is 13.8. The minimum absolute atomic E-state index is 0.124. The average Bonchev–Trinajstić information content (AvgIpc) is 3.47. The molecule has 150 valence electrons. The minimum Gasteiger partial charge on any atom is -0.464 e. The van der Waals surface area contributed by atoms with Crippen molar-refractivity contribution in [2.24, 2.45) is 0 Å². The molecular formula is C24H19NO4S. The van der Waals surface area contributed by atoms with Crippen LogP contribution in [0.5, 0.6) is 11.5 Å². The van der Waals surface area contributed by atoms with Crippen LogP contribution in [0.1, 0.15) is 28.0 Å². The fourth-order valence-electron chi connectivity index (χ4n) is 3.69. The highest BCUT2D eigenvalue weighted by atomic mass is 32.1. The van der Waals surface area contributed by atoms with Crippen molar-refractivity contribution < 1.29 is 19.1 Å². The molecule has 30 heavy (non-hydrogen) atoms. The van der Waals surface area contributed by atoms with Crippen molar-refractivity contribution in [1.82, 2.24) is 5.32 Å². The first kappa shape index (κ1) is 18.7. The van der Waals surface area contributed by atoms with Gasteiger partial charge in [-0.25, -0.2) is 0 Å². The zero-order valence-electron chi connectivity index (χ0n) is 15.9. The molecule has 0 spiro atoms. The van der Waals surface area contributed by atoms with Gasteiger partial charge in [-0.15, -0.1) is 11.3 Å². The molecule has 1 atom stereocenters. The highest BCUT2D eigenvalue weighted by molar-refractivity contribution is 7.10. The number of amides is 1. The van der Waals surface area contributed by atoms with Crippen LogP contribution in [0.25, 0.3) is 11.3 Å². The number of fused-ring (bicyclic) bond motifs is 2. The molecule has 0 radical (unpaired) electrons. The molecule has 0 saturated heterocycles. The highest BCUT2D eigenvalue weighted by Gasteiger charge is 2.32. The van der Waals surface area contributed by atoms with E-state index in [1.165, 1.54) is 11.3 Å². The first-order chi connectivity index (χ1) is 14.7. The summed E-state index contributed by atoms with van der Waals surface area (Å²) in [4.78, 5) is 13.9. The number of furan rings is 1. The van der Waals surface area contributed by atoms with Crippen LogP contribution in [0, 0.1) is 0 Å². The second kappa shape index (κ2) is 7.82. The maximum absolute atomic E-state index is 13.2. The molecule has 0 aliphatic carbocycles. The summed E-state index contributed by atoms with van der Waals surface area (Å²) in [6, 6.07) is 20.7. The smallest absolute Gasteiger partial charge is 0.232 e. The average molecular weight is 417 g/mol. The Balaban J connectivity index is 1.34. The van der Waals surface area contributed by atoms with Crippen LogP contribution in [0.4, 0.5) is 0 Å². The van der Waals surface area contributed by atoms with Gasteiger partial charge in [0.15, 0.2) is 0 Å². The van der Waals surface area contributed by atoms with Gasteiger partial charge in [-0.3, -0.25) is 4.79 Å². The van der Waals surface area contributed by atoms with E-state index in [2.05, 4.69) is 5.32 Å². The standard InChI is InChI=1S/C24H19NO4S/c26-18(22-12-15(14-30-22)19-10-5-11-28-19)13-25-24(27)23-16-6-1-3-8-20(16)29-21-9-4-2-7-17(21)23/h1-12,14,18,23,26H,13H2,(H,25,27). The number of ether oxygens (including phenoxy) is 1. The molecule has 6 heteroatoms. The molecule has 1 aliphatic heterocycles. The highest BCUT2D eigenvalue weighted by Crippen LogP contribution is 2.44. The van der Waals surface area contributed by atoms with Crippen molar-refractivity contribution in [3.63, 3.8) is 0 Å². The van der Waals surface area contributed by atoms with E-state index in [4.69, 9.17) is 9.15 Å². The van der Waals surface area contributed by atoms with Gasteiger partial charge in [0.05, 0.1) is 12.2 Å². The zero-order chi connectivity index (χ0) is 20.5. The zero-order valence-corrected chi connectivity index (χ0v) is 16.8. The monoisotopic (exact) mass is 417 g/mol. The van der Waals surface area contributed by atoms with Crippen LogP contribution >= 0.6 is 11.3 Å². The lowest BCUT2D eigenvalue weighted by Crippen LogP contribution is -2.34. The molecule has 1 amide bonds. The number of para-hydroxylation sites is 2. The molecule has 5 rings (SSSR count). The number of hydrogen-bond acceptors (Lipinski definition) is 5. The van der Waals surface area contributed by atoms with Crippen molar-refractivity contribution in [2.45, 2.75) is 12.0 Å². The molecule has 3 heterocycles. The van der Waals surface area contributed by atoms with E-state index in [1.807, 2.05) is 72.1 Å². The molecule has 0 saturated carbocycles. The first-order valence-electron chi connectivity index (χ1n) is 9.64. The second-order valence-electron chi connectivity index (χ2n) is 7.09. The SMILES string of the molecule is O=C(NCC(O)c1cc(-c2ccco2)cs1)C1c2ccccc2Oc2ccccc21. The lowest BCUT2D eigenvalue weighted by atomic mass is 9.87. The van der Waals surface area contributed by atoms with Gasteiger partial charge in [-0.1, -0.05) is 36.4 Å². The Hall–Kier alpha value is -3.35. The minimum atomic E-state index is -0.798. The number of rotatable bonds is 5. The van der Waals surface area contributed by atoms with Crippen LogP contribution < -0.4 is 10.1 Å². The Bertz CT molecular complexity index is 1140. The Morgan fingerprint density at radius 1 is 1.03 bits per heavy atom. The number of thiophene rings is 1. The van der Waals surface area contributed by atoms with E-state index in [0.29, 0.717) is 11.5 Å². The lowest BCUT2D eigenvalue weighted by Gasteiger charge is -2.27. The van der Waals surface area contributed by atoms with Crippen molar-refractivity contribution in [2.75, 3.05) is 6.54 Å². The maximum Gasteiger partial charge on any atom is 0.232 e. The number of hydrogen-bond donors (Lipinski definition) is 2. The van der Waals surface area contributed by atoms with E-state index in [1.54, 1.807) is 6.26 Å². The Morgan fingerprint density at radius 3 is 2.40 bits per heavy atom. The predicted octanol–water partition coefficient (Wildman–Crippen LogP) is 5.10. The van der Waals surface area contributed by atoms with Gasteiger partial charge in [0.1, 0.15) is 23.4 Å². The third-order valence-corrected chi connectivity index (χ3v) is 6.20. The number of benzene rings is 2. The maximum atomic E-state index is 13.2. The molecule has 0 fully saturated rings. The number of nitrogens with one attached hydrogen (secondary N) is 1. The summed E-state index contributed by atoms with van der Waals surface area (Å²) < 4.78 is 11.4. The molecule has 2 aromatic heterocycles. The van der Waals surface area contributed by atoms with Gasteiger partial charge < -0.3 is 19.6 Å². The molecule has 2 N–H and O–H groups in total. The second-order valence-corrected chi connectivity index (χ2v) is 8.03. The quantitative estimate of drug-likeness (QED) is 0.474. The van der Waals surface area contributed by atoms with Crippen LogP contribution in [0.15, 0.2) is 82.8 Å². The third kappa shape index (κ3) is 3.40. The molecule has 1 aliphatic rings. The predicted molar refractivity (Wildman–Crippen MR) is 115 cm³/mol. The van der Waals surface area contributed by atoms with Crippen molar-refractivity contribution >= 4 is 17.2 Å². The molecule has 0 bridgehead atoms. The summed E-state index contributed by atoms with van der Waals surface area (Å²) in [5.74, 6) is 1.46. The van der Waals surface area contributed by atoms with E-state index in [-0.39, 0.29) is 12.5 Å². The molecule has 2 aromatic carbocycles. The van der Waals surface area contributed by atoms with Gasteiger partial charge >= 0.3 is 0 Å².